The topological polar surface area (TPSA) is 12.0 Å². The summed E-state index contributed by atoms with van der Waals surface area (Å²) in [6.45, 7) is 0. The Hall–Kier alpha value is 3.07. The van der Waals surface area contributed by atoms with E-state index in [1.165, 1.54) is 0 Å². The van der Waals surface area contributed by atoms with Gasteiger partial charge in [0.1, 0.15) is 0 Å². The molecule has 0 aliphatic carbocycles. The molecular weight excluding hydrogens is 400 g/mol. The summed E-state index contributed by atoms with van der Waals surface area (Å²) in [5.41, 5.74) is -0.797. The van der Waals surface area contributed by atoms with Gasteiger partial charge in [-0.2, -0.15) is 0 Å². The third-order valence-electron chi connectivity index (χ3n) is 0.273. The van der Waals surface area contributed by atoms with E-state index in [-0.39, 0.29) is 0 Å². The first-order valence-electron chi connectivity index (χ1n) is 2.30. The van der Waals surface area contributed by atoms with E-state index in [0.29, 0.717) is 0 Å². The first kappa shape index (κ1) is 18.4. The molecule has 80 valence electrons. The fraction of sp³-hybridized carbons (Fsp3) is 0. The van der Waals surface area contributed by atoms with Crippen LogP contribution in [-0.2, 0) is 0 Å². The summed E-state index contributed by atoms with van der Waals surface area (Å²) < 4.78 is 0. The van der Waals surface area contributed by atoms with E-state index in [9.17, 15) is 0 Å². The van der Waals surface area contributed by atoms with Gasteiger partial charge in [-0.05, 0) is 0 Å². The van der Waals surface area contributed by atoms with Crippen molar-refractivity contribution in [2.24, 2.45) is 0 Å². The number of halogens is 9. The Labute approximate surface area is 121 Å². The van der Waals surface area contributed by atoms with Gasteiger partial charge in [0.05, 0.1) is 0 Å². The summed E-state index contributed by atoms with van der Waals surface area (Å²) >= 11 is 46.2. The average molecular weight is 401 g/mol. The zero-order valence-electron chi connectivity index (χ0n) is 5.48. The van der Waals surface area contributed by atoms with Crippen LogP contribution in [0.15, 0.2) is 0 Å². The van der Waals surface area contributed by atoms with Gasteiger partial charge in [-0.3, -0.25) is 0 Å². The first-order chi connectivity index (χ1) is 5.42. The lowest BCUT2D eigenvalue weighted by Crippen LogP contribution is -2.40. The van der Waals surface area contributed by atoms with Crippen LogP contribution in [0, 0.1) is 0 Å². The number of hydrogen-bond acceptors (Lipinski definition) is 1. The number of nitrogens with one attached hydrogen (secondary N) is 1. The molecule has 1 N–H and O–H groups in total. The summed E-state index contributed by atoms with van der Waals surface area (Å²) in [7, 11) is 0. The molecule has 0 unspecified atom stereocenters. The van der Waals surface area contributed by atoms with E-state index in [1.807, 2.05) is 0 Å². The second kappa shape index (κ2) is 8.20. The Balaban J connectivity index is 0. The van der Waals surface area contributed by atoms with Gasteiger partial charge in [-0.15, -0.1) is 100 Å². The molecule has 0 spiro atoms. The second-order valence-electron chi connectivity index (χ2n) is 1.37. The van der Waals surface area contributed by atoms with Crippen molar-refractivity contribution in [1.82, 2.24) is 4.89 Å². The monoisotopic (exact) mass is 397 g/mol. The number of rotatable bonds is 2. The maximum atomic E-state index is 5.32. The quantitative estimate of drug-likeness (QED) is 0.528. The molecule has 0 heterocycles. The van der Waals surface area contributed by atoms with E-state index in [2.05, 4.69) is 4.89 Å². The van der Waals surface area contributed by atoms with Crippen molar-refractivity contribution in [2.75, 3.05) is 0 Å². The Morgan fingerprint density at radius 3 is 1.00 bits per heavy atom. The molecule has 0 saturated heterocycles. The van der Waals surface area contributed by atoms with Gasteiger partial charge in [-0.25, -0.2) is 0 Å². The molecule has 0 saturated carbocycles. The van der Waals surface area contributed by atoms with E-state index in [0.717, 1.165) is 0 Å². The maximum Gasteiger partial charge on any atom is 0.440 e. The smallest absolute Gasteiger partial charge is 0.314 e. The molecule has 13 heteroatoms. The minimum Gasteiger partial charge on any atom is -0.314 e. The molecule has 0 amide bonds. The lowest BCUT2D eigenvalue weighted by atomic mass is 10.4. The highest BCUT2D eigenvalue weighted by Crippen LogP contribution is 2.23. The van der Waals surface area contributed by atoms with Crippen molar-refractivity contribution >= 4 is 118 Å². The van der Waals surface area contributed by atoms with Crippen LogP contribution in [0.25, 0.3) is 0 Å². The summed E-state index contributed by atoms with van der Waals surface area (Å²) in [6.07, 6.45) is -2.82. The Kier molecular flexibility index (Phi) is 11.6. The molecule has 0 atom stereocenters. The summed E-state index contributed by atoms with van der Waals surface area (Å²) in [5.74, 6) is 0. The Bertz CT molecular complexity index is 119. The van der Waals surface area contributed by atoms with Crippen LogP contribution in [0.1, 0.15) is 0 Å². The van der Waals surface area contributed by atoms with Crippen molar-refractivity contribution in [3.8, 4) is 0 Å². The third kappa shape index (κ3) is 39.5. The fourth-order valence-electron chi connectivity index (χ4n) is 0.124. The van der Waals surface area contributed by atoms with Crippen LogP contribution in [-0.4, -0.2) is 17.2 Å². The van der Waals surface area contributed by atoms with Crippen LogP contribution in [0.4, 0.5) is 0 Å². The molecular formula is HBCl9NSi2. The molecule has 0 bridgehead atoms. The zero-order chi connectivity index (χ0) is 11.3. The van der Waals surface area contributed by atoms with Crippen molar-refractivity contribution in [1.29, 1.82) is 0 Å². The van der Waals surface area contributed by atoms with Crippen LogP contribution in [0.3, 0.4) is 0 Å². The molecule has 0 aromatic heterocycles. The average Bonchev–Trinajstić information content (AvgIpc) is 1.47. The molecule has 0 aliphatic heterocycles. The second-order valence-corrected chi connectivity index (χ2v) is 21.7. The fourth-order valence-corrected chi connectivity index (χ4v) is 3.34. The van der Waals surface area contributed by atoms with Gasteiger partial charge in [0.15, 0.2) is 0 Å². The molecule has 0 rings (SSSR count). The minimum absolute atomic E-state index is 0.797. The summed E-state index contributed by atoms with van der Waals surface area (Å²) in [5, 5.41) is -2.72. The number of hydrogen-bond donors (Lipinski definition) is 1. The normalized spacial score (nSPS) is 11.8. The van der Waals surface area contributed by atoms with E-state index >= 15 is 0 Å². The van der Waals surface area contributed by atoms with Gasteiger partial charge in [-0.1, -0.05) is 0 Å². The largest absolute Gasteiger partial charge is 0.440 e. The zero-order valence-corrected chi connectivity index (χ0v) is 14.3. The first-order valence-corrected chi connectivity index (χ1v) is 14.3. The lowest BCUT2D eigenvalue weighted by Gasteiger charge is -2.06. The standard InChI is InChI=1S/BCl5HNSi.Cl4Si/c2-1(3)7-8(4,5)6;1-5(2,3)4/h7H;. The molecule has 0 radical (unpaired) electrons. The van der Waals surface area contributed by atoms with Crippen LogP contribution in [0.5, 0.6) is 0 Å². The third-order valence-corrected chi connectivity index (χ3v) is 2.45. The van der Waals surface area contributed by atoms with Crippen LogP contribution >= 0.6 is 100 Å². The Morgan fingerprint density at radius 2 is 1.00 bits per heavy atom. The van der Waals surface area contributed by atoms with Crippen molar-refractivity contribution in [3.63, 3.8) is 0 Å². The molecule has 0 aromatic carbocycles. The van der Waals surface area contributed by atoms with Gasteiger partial charge in [0.2, 0.25) is 0 Å². The highest BCUT2D eigenvalue weighted by Gasteiger charge is 2.29. The molecule has 0 aliphatic rings. The highest BCUT2D eigenvalue weighted by molar-refractivity contribution is 7.81. The summed E-state index contributed by atoms with van der Waals surface area (Å²) in [4.78, 5) is 2.35. The molecule has 13 heavy (non-hydrogen) atoms. The minimum atomic E-state index is -2.82. The maximum absolute atomic E-state index is 5.32. The van der Waals surface area contributed by atoms with E-state index in [4.69, 9.17) is 100 Å². The van der Waals surface area contributed by atoms with E-state index < -0.39 is 17.2 Å². The van der Waals surface area contributed by atoms with Gasteiger partial charge >= 0.3 is 17.2 Å². The van der Waals surface area contributed by atoms with Crippen molar-refractivity contribution < 1.29 is 0 Å². The van der Waals surface area contributed by atoms with Crippen molar-refractivity contribution in [3.05, 3.63) is 0 Å². The van der Waals surface area contributed by atoms with Gasteiger partial charge < -0.3 is 4.89 Å². The molecule has 0 aromatic rings. The van der Waals surface area contributed by atoms with Crippen molar-refractivity contribution in [2.45, 2.75) is 0 Å². The SMILES string of the molecule is ClB(Cl)N[Si](Cl)(Cl)Cl.Cl[Si](Cl)(Cl)Cl. The highest BCUT2D eigenvalue weighted by atomic mass is 36.0. The molecule has 1 nitrogen and oxygen atoms in total. The molecule has 0 fully saturated rings. The van der Waals surface area contributed by atoms with Gasteiger partial charge in [0, 0.05) is 0 Å². The van der Waals surface area contributed by atoms with E-state index in [1.54, 1.807) is 0 Å². The predicted molar refractivity (Wildman–Crippen MR) is 73.1 cm³/mol. The lowest BCUT2D eigenvalue weighted by molar-refractivity contribution is 1.61. The predicted octanol–water partition coefficient (Wildman–Crippen LogP) is 4.57. The summed E-state index contributed by atoms with van der Waals surface area (Å²) in [6, 6.07) is 0. The van der Waals surface area contributed by atoms with Gasteiger partial charge in [0.25, 0.3) is 0 Å². The van der Waals surface area contributed by atoms with Crippen LogP contribution < -0.4 is 4.89 Å². The Morgan fingerprint density at radius 1 is 0.769 bits per heavy atom. The van der Waals surface area contributed by atoms with Crippen LogP contribution in [0.2, 0.25) is 0 Å².